The number of aromatic nitrogens is 2. The summed E-state index contributed by atoms with van der Waals surface area (Å²) < 4.78 is 10.7. The summed E-state index contributed by atoms with van der Waals surface area (Å²) >= 11 is 0. The Bertz CT molecular complexity index is 291. The van der Waals surface area contributed by atoms with E-state index in [2.05, 4.69) is 10.2 Å². The number of H-pyrrole nitrogens is 1. The summed E-state index contributed by atoms with van der Waals surface area (Å²) in [6.45, 7) is 4.10. The standard InChI is InChI=1S/C9H15N3O3/c1-2-12-5-6-14-9(13)8(12)15-7-3-4-10-11-7/h3-4,8-9,13H,2,5-6H2,1H3,(H,10,11). The third-order valence-electron chi connectivity index (χ3n) is 2.40. The monoisotopic (exact) mass is 213 g/mol. The fraction of sp³-hybridized carbons (Fsp3) is 0.667. The van der Waals surface area contributed by atoms with Crippen molar-refractivity contribution in [2.45, 2.75) is 19.4 Å². The minimum absolute atomic E-state index is 0.468. The third-order valence-corrected chi connectivity index (χ3v) is 2.40. The maximum atomic E-state index is 9.65. The van der Waals surface area contributed by atoms with Crippen LogP contribution in [0.3, 0.4) is 0 Å². The van der Waals surface area contributed by atoms with Crippen molar-refractivity contribution in [3.05, 3.63) is 12.3 Å². The first-order chi connectivity index (χ1) is 7.31. The Labute approximate surface area is 87.8 Å². The van der Waals surface area contributed by atoms with Crippen LogP contribution in [-0.2, 0) is 4.74 Å². The number of rotatable bonds is 3. The number of aromatic amines is 1. The van der Waals surface area contributed by atoms with Gasteiger partial charge < -0.3 is 14.6 Å². The molecule has 0 saturated carbocycles. The molecule has 2 rings (SSSR count). The second-order valence-corrected chi connectivity index (χ2v) is 3.32. The van der Waals surface area contributed by atoms with E-state index in [1.807, 2.05) is 11.8 Å². The van der Waals surface area contributed by atoms with Crippen molar-refractivity contribution in [2.75, 3.05) is 19.7 Å². The maximum Gasteiger partial charge on any atom is 0.210 e. The molecule has 1 aromatic heterocycles. The molecule has 1 aliphatic rings. The molecule has 0 amide bonds. The number of nitrogens with one attached hydrogen (secondary N) is 1. The molecule has 0 radical (unpaired) electrons. The normalized spacial score (nSPS) is 27.9. The first-order valence-electron chi connectivity index (χ1n) is 5.01. The molecule has 15 heavy (non-hydrogen) atoms. The van der Waals surface area contributed by atoms with E-state index in [0.717, 1.165) is 13.1 Å². The van der Waals surface area contributed by atoms with Crippen LogP contribution in [0.4, 0.5) is 0 Å². The summed E-state index contributed by atoms with van der Waals surface area (Å²) in [6, 6.07) is 1.70. The van der Waals surface area contributed by atoms with Gasteiger partial charge >= 0.3 is 0 Å². The fourth-order valence-corrected chi connectivity index (χ4v) is 1.59. The van der Waals surface area contributed by atoms with Gasteiger partial charge in [-0.25, -0.2) is 5.10 Å². The van der Waals surface area contributed by atoms with Crippen LogP contribution in [0.2, 0.25) is 0 Å². The molecule has 0 bridgehead atoms. The van der Waals surface area contributed by atoms with Crippen LogP contribution < -0.4 is 4.74 Å². The Hall–Kier alpha value is -1.11. The van der Waals surface area contributed by atoms with Gasteiger partial charge in [0.25, 0.3) is 0 Å². The van der Waals surface area contributed by atoms with Gasteiger partial charge in [0.05, 0.1) is 12.8 Å². The summed E-state index contributed by atoms with van der Waals surface area (Å²) in [5.41, 5.74) is 0. The second kappa shape index (κ2) is 4.61. The smallest absolute Gasteiger partial charge is 0.210 e. The summed E-state index contributed by atoms with van der Waals surface area (Å²) in [4.78, 5) is 2.01. The molecular weight excluding hydrogens is 198 g/mol. The molecule has 84 valence electrons. The molecule has 1 saturated heterocycles. The lowest BCUT2D eigenvalue weighted by atomic mass is 10.3. The highest BCUT2D eigenvalue weighted by Crippen LogP contribution is 2.16. The Morgan fingerprint density at radius 1 is 1.80 bits per heavy atom. The van der Waals surface area contributed by atoms with Crippen LogP contribution in [-0.4, -0.2) is 52.4 Å². The predicted octanol–water partition coefficient (Wildman–Crippen LogP) is -0.215. The molecular formula is C9H15N3O3. The number of aliphatic hydroxyl groups is 1. The minimum atomic E-state index is -0.915. The van der Waals surface area contributed by atoms with Crippen molar-refractivity contribution in [2.24, 2.45) is 0 Å². The van der Waals surface area contributed by atoms with Crippen LogP contribution in [0, 0.1) is 0 Å². The zero-order chi connectivity index (χ0) is 10.7. The Morgan fingerprint density at radius 3 is 3.33 bits per heavy atom. The number of nitrogens with zero attached hydrogens (tertiary/aromatic N) is 2. The minimum Gasteiger partial charge on any atom is -0.453 e. The number of aliphatic hydroxyl groups excluding tert-OH is 1. The Morgan fingerprint density at radius 2 is 2.67 bits per heavy atom. The van der Waals surface area contributed by atoms with E-state index in [0.29, 0.717) is 12.5 Å². The van der Waals surface area contributed by atoms with Crippen molar-refractivity contribution < 1.29 is 14.6 Å². The highest BCUT2D eigenvalue weighted by atomic mass is 16.6. The zero-order valence-electron chi connectivity index (χ0n) is 8.59. The van der Waals surface area contributed by atoms with Crippen molar-refractivity contribution in [3.8, 4) is 5.88 Å². The summed E-state index contributed by atoms with van der Waals surface area (Å²) in [7, 11) is 0. The van der Waals surface area contributed by atoms with Crippen LogP contribution in [0.5, 0.6) is 5.88 Å². The molecule has 0 aromatic carbocycles. The Kier molecular flexibility index (Phi) is 3.20. The van der Waals surface area contributed by atoms with E-state index < -0.39 is 12.5 Å². The maximum absolute atomic E-state index is 9.65. The average Bonchev–Trinajstić information content (AvgIpc) is 2.74. The van der Waals surface area contributed by atoms with Crippen molar-refractivity contribution >= 4 is 0 Å². The van der Waals surface area contributed by atoms with Gasteiger partial charge in [-0.15, -0.1) is 0 Å². The summed E-state index contributed by atoms with van der Waals surface area (Å²) in [5, 5.41) is 16.1. The summed E-state index contributed by atoms with van der Waals surface area (Å²) in [5.74, 6) is 0.531. The molecule has 2 heterocycles. The first kappa shape index (κ1) is 10.4. The second-order valence-electron chi connectivity index (χ2n) is 3.32. The van der Waals surface area contributed by atoms with Gasteiger partial charge in [-0.05, 0) is 6.54 Å². The van der Waals surface area contributed by atoms with E-state index in [1.165, 1.54) is 0 Å². The Balaban J connectivity index is 2.03. The number of hydrogen-bond acceptors (Lipinski definition) is 5. The van der Waals surface area contributed by atoms with E-state index >= 15 is 0 Å². The molecule has 6 nitrogen and oxygen atoms in total. The molecule has 6 heteroatoms. The molecule has 2 N–H and O–H groups in total. The molecule has 0 aliphatic carbocycles. The van der Waals surface area contributed by atoms with Gasteiger partial charge in [-0.3, -0.25) is 4.90 Å². The van der Waals surface area contributed by atoms with Gasteiger partial charge in [0, 0.05) is 12.6 Å². The summed E-state index contributed by atoms with van der Waals surface area (Å²) in [6.07, 6.45) is 0.216. The quantitative estimate of drug-likeness (QED) is 0.726. The highest BCUT2D eigenvalue weighted by molar-refractivity contribution is 5.05. The highest BCUT2D eigenvalue weighted by Gasteiger charge is 2.32. The number of ether oxygens (including phenoxy) is 2. The van der Waals surface area contributed by atoms with Gasteiger partial charge in [-0.1, -0.05) is 6.92 Å². The van der Waals surface area contributed by atoms with E-state index in [1.54, 1.807) is 12.3 Å². The van der Waals surface area contributed by atoms with Crippen LogP contribution in [0.25, 0.3) is 0 Å². The first-order valence-corrected chi connectivity index (χ1v) is 5.01. The predicted molar refractivity (Wildman–Crippen MR) is 52.2 cm³/mol. The van der Waals surface area contributed by atoms with Crippen LogP contribution in [0.15, 0.2) is 12.3 Å². The molecule has 1 fully saturated rings. The van der Waals surface area contributed by atoms with Gasteiger partial charge in [0.2, 0.25) is 18.4 Å². The number of hydrogen-bond donors (Lipinski definition) is 2. The van der Waals surface area contributed by atoms with Gasteiger partial charge in [-0.2, -0.15) is 5.10 Å². The SMILES string of the molecule is CCN1CCOC(O)C1Oc1ccn[nH]1. The van der Waals surface area contributed by atoms with Crippen LogP contribution in [0.1, 0.15) is 6.92 Å². The largest absolute Gasteiger partial charge is 0.453 e. The fourth-order valence-electron chi connectivity index (χ4n) is 1.59. The van der Waals surface area contributed by atoms with Crippen LogP contribution >= 0.6 is 0 Å². The van der Waals surface area contributed by atoms with Gasteiger partial charge in [0.15, 0.2) is 0 Å². The molecule has 2 atom stereocenters. The van der Waals surface area contributed by atoms with E-state index in [4.69, 9.17) is 9.47 Å². The zero-order valence-corrected chi connectivity index (χ0v) is 8.59. The molecule has 0 spiro atoms. The van der Waals surface area contributed by atoms with Crippen molar-refractivity contribution in [3.63, 3.8) is 0 Å². The number of likely N-dealkylation sites (N-methyl/N-ethyl adjacent to an activating group) is 1. The van der Waals surface area contributed by atoms with Crippen molar-refractivity contribution in [1.29, 1.82) is 0 Å². The average molecular weight is 213 g/mol. The lowest BCUT2D eigenvalue weighted by Crippen LogP contribution is -2.54. The van der Waals surface area contributed by atoms with E-state index in [9.17, 15) is 5.11 Å². The van der Waals surface area contributed by atoms with E-state index in [-0.39, 0.29) is 0 Å². The lowest BCUT2D eigenvalue weighted by Gasteiger charge is -2.37. The van der Waals surface area contributed by atoms with Gasteiger partial charge in [0.1, 0.15) is 0 Å². The molecule has 2 unspecified atom stereocenters. The molecule has 1 aliphatic heterocycles. The molecule has 1 aromatic rings. The van der Waals surface area contributed by atoms with Crippen molar-refractivity contribution in [1.82, 2.24) is 15.1 Å². The third kappa shape index (κ3) is 2.28. The topological polar surface area (TPSA) is 70.6 Å². The lowest BCUT2D eigenvalue weighted by molar-refractivity contribution is -0.230. The number of morpholine rings is 1.